The zero-order valence-electron chi connectivity index (χ0n) is 32.4. The van der Waals surface area contributed by atoms with E-state index < -0.39 is 74.6 Å². The Hall–Kier alpha value is -4.89. The highest BCUT2D eigenvalue weighted by Gasteiger charge is 2.39. The summed E-state index contributed by atoms with van der Waals surface area (Å²) < 4.78 is 113. The Bertz CT molecular complexity index is 2260. The first kappa shape index (κ1) is 42.3. The molecule has 15 heteroatoms. The summed E-state index contributed by atoms with van der Waals surface area (Å²) in [5, 5.41) is 0. The number of carbonyl (C=O) groups is 2. The molecule has 0 N–H and O–H groups in total. The number of pyridine rings is 1. The molecule has 0 saturated heterocycles. The van der Waals surface area contributed by atoms with Gasteiger partial charge in [0.25, 0.3) is 0 Å². The number of carbonyl (C=O) groups excluding carboxylic acids is 2. The number of ether oxygens (including phenoxy) is 2. The average Bonchev–Trinajstić information content (AvgIpc) is 3.97. The van der Waals surface area contributed by atoms with Gasteiger partial charge in [0.05, 0.1) is 31.5 Å². The summed E-state index contributed by atoms with van der Waals surface area (Å²) in [4.78, 5) is 30.8. The maximum Gasteiger partial charge on any atom is 0.338 e. The second kappa shape index (κ2) is 15.9. The fraction of sp³-hybridized carbons (Fsp3) is 0.390. The molecule has 1 aliphatic carbocycles. The number of halogens is 5. The lowest BCUT2D eigenvalue weighted by molar-refractivity contribution is -0.119. The first-order valence-electron chi connectivity index (χ1n) is 17.8. The molecule has 0 bridgehead atoms. The summed E-state index contributed by atoms with van der Waals surface area (Å²) in [5.41, 5.74) is 2.36. The highest BCUT2D eigenvalue weighted by Crippen LogP contribution is 2.42. The van der Waals surface area contributed by atoms with Crippen molar-refractivity contribution in [3.8, 4) is 5.75 Å². The fourth-order valence-electron chi connectivity index (χ4n) is 6.00. The molecule has 9 nitrogen and oxygen atoms in total. The second-order valence-corrected chi connectivity index (χ2v) is 17.7. The monoisotopic (exact) mass is 801 g/mol. The number of esters is 1. The minimum absolute atomic E-state index is 0.0216. The van der Waals surface area contributed by atoms with Crippen LogP contribution in [-0.2, 0) is 38.1 Å². The Kier molecular flexibility index (Phi) is 12.0. The second-order valence-electron chi connectivity index (χ2n) is 15.8. The van der Waals surface area contributed by atoms with Gasteiger partial charge in [0.2, 0.25) is 21.7 Å². The van der Waals surface area contributed by atoms with Crippen LogP contribution < -0.4 is 9.64 Å². The quantitative estimate of drug-likeness (QED) is 0.0611. The molecular formula is C41H44F5N3O6S. The van der Waals surface area contributed by atoms with Crippen LogP contribution in [0.2, 0.25) is 0 Å². The number of hydrogen-bond donors (Lipinski definition) is 0. The van der Waals surface area contributed by atoms with E-state index in [9.17, 15) is 31.2 Å². The van der Waals surface area contributed by atoms with Crippen molar-refractivity contribution in [2.24, 2.45) is 0 Å². The molecule has 1 aliphatic rings. The maximum absolute atomic E-state index is 15.2. The molecule has 1 saturated carbocycles. The summed E-state index contributed by atoms with van der Waals surface area (Å²) in [5.74, 6) is -13.9. The van der Waals surface area contributed by atoms with E-state index in [1.165, 1.54) is 48.7 Å². The van der Waals surface area contributed by atoms with Crippen LogP contribution in [0, 0.1) is 36.0 Å². The number of aryl methyl sites for hydroxylation is 1. The molecule has 5 rings (SSSR count). The summed E-state index contributed by atoms with van der Waals surface area (Å²) in [6.07, 6.45) is 4.62. The smallest absolute Gasteiger partial charge is 0.338 e. The van der Waals surface area contributed by atoms with Gasteiger partial charge in [-0.3, -0.25) is 9.78 Å². The largest absolute Gasteiger partial charge is 0.495 e. The topological polar surface area (TPSA) is 106 Å². The Balaban J connectivity index is 1.67. The first-order valence-corrected chi connectivity index (χ1v) is 19.2. The molecule has 300 valence electrons. The Morgan fingerprint density at radius 1 is 0.857 bits per heavy atom. The van der Waals surface area contributed by atoms with E-state index >= 15 is 8.78 Å². The van der Waals surface area contributed by atoms with Crippen molar-refractivity contribution in [1.29, 1.82) is 0 Å². The van der Waals surface area contributed by atoms with Crippen LogP contribution in [0.15, 0.2) is 59.8 Å². The molecule has 1 heterocycles. The van der Waals surface area contributed by atoms with Crippen molar-refractivity contribution in [3.63, 3.8) is 0 Å². The maximum atomic E-state index is 15.2. The lowest BCUT2D eigenvalue weighted by atomic mass is 9.84. The van der Waals surface area contributed by atoms with Crippen LogP contribution in [0.1, 0.15) is 98.5 Å². The predicted molar refractivity (Wildman–Crippen MR) is 199 cm³/mol. The number of nitrogens with zero attached hydrogens (tertiary/aromatic N) is 3. The predicted octanol–water partition coefficient (Wildman–Crippen LogP) is 8.65. The van der Waals surface area contributed by atoms with Gasteiger partial charge in [0.15, 0.2) is 28.2 Å². The van der Waals surface area contributed by atoms with E-state index in [1.807, 2.05) is 32.9 Å². The van der Waals surface area contributed by atoms with E-state index in [4.69, 9.17) is 9.47 Å². The van der Waals surface area contributed by atoms with Crippen molar-refractivity contribution < 1.29 is 49.4 Å². The number of rotatable bonds is 12. The molecule has 56 heavy (non-hydrogen) atoms. The van der Waals surface area contributed by atoms with Crippen molar-refractivity contribution in [2.45, 2.75) is 96.2 Å². The minimum atomic E-state index is -5.64. The third-order valence-corrected chi connectivity index (χ3v) is 11.1. The number of benzene rings is 3. The summed E-state index contributed by atoms with van der Waals surface area (Å²) >= 11 is 0. The van der Waals surface area contributed by atoms with Crippen LogP contribution in [-0.4, -0.2) is 48.8 Å². The zero-order valence-corrected chi connectivity index (χ0v) is 33.2. The van der Waals surface area contributed by atoms with E-state index in [0.717, 1.165) is 24.0 Å². The van der Waals surface area contributed by atoms with Crippen LogP contribution >= 0.6 is 0 Å². The number of anilines is 1. The van der Waals surface area contributed by atoms with Crippen molar-refractivity contribution in [2.75, 3.05) is 18.6 Å². The molecule has 1 fully saturated rings. The normalized spacial score (nSPS) is 13.5. The number of amides is 1. The molecule has 3 aromatic carbocycles. The SMILES string of the molecule is COc1cc(C(=O)OC(C)(C)C)ccc1N(Cc1cc(C2CC2)cc(C(C)(C)C)c1)C(=O)CN(Cc1cnccc1C)S(=O)(=O)c1c(F)c(F)c(F)c(F)c1F. The minimum Gasteiger partial charge on any atom is -0.495 e. The van der Waals surface area contributed by atoms with Gasteiger partial charge in [-0.05, 0) is 104 Å². The molecule has 0 atom stereocenters. The van der Waals surface area contributed by atoms with Gasteiger partial charge in [0, 0.05) is 18.9 Å². The molecule has 4 aromatic rings. The van der Waals surface area contributed by atoms with Gasteiger partial charge in [0.1, 0.15) is 11.4 Å². The summed E-state index contributed by atoms with van der Waals surface area (Å²) in [7, 11) is -4.34. The first-order chi connectivity index (χ1) is 26.0. The van der Waals surface area contributed by atoms with Gasteiger partial charge in [-0.25, -0.2) is 35.2 Å². The molecule has 0 unspecified atom stereocenters. The third-order valence-electron chi connectivity index (χ3n) is 9.25. The number of aromatic nitrogens is 1. The number of methoxy groups -OCH3 is 1. The van der Waals surface area contributed by atoms with Crippen LogP contribution in [0.5, 0.6) is 5.75 Å². The van der Waals surface area contributed by atoms with E-state index in [-0.39, 0.29) is 34.5 Å². The molecule has 0 radical (unpaired) electrons. The molecular weight excluding hydrogens is 758 g/mol. The van der Waals surface area contributed by atoms with Crippen LogP contribution in [0.25, 0.3) is 0 Å². The Morgan fingerprint density at radius 2 is 1.48 bits per heavy atom. The number of sulfonamides is 1. The van der Waals surface area contributed by atoms with Crippen LogP contribution in [0.4, 0.5) is 27.6 Å². The molecule has 1 aromatic heterocycles. The molecule has 1 amide bonds. The van der Waals surface area contributed by atoms with Gasteiger partial charge < -0.3 is 14.4 Å². The Labute approximate surface area is 323 Å². The van der Waals surface area contributed by atoms with Crippen LogP contribution in [0.3, 0.4) is 0 Å². The van der Waals surface area contributed by atoms with Gasteiger partial charge in [-0.1, -0.05) is 39.0 Å². The van der Waals surface area contributed by atoms with Gasteiger partial charge in [-0.15, -0.1) is 0 Å². The van der Waals surface area contributed by atoms with Crippen molar-refractivity contribution >= 4 is 27.6 Å². The third kappa shape index (κ3) is 9.21. The van der Waals surface area contributed by atoms with E-state index in [2.05, 4.69) is 11.1 Å². The van der Waals surface area contributed by atoms with Crippen molar-refractivity contribution in [1.82, 2.24) is 9.29 Å². The zero-order chi connectivity index (χ0) is 41.5. The van der Waals surface area contributed by atoms with Gasteiger partial charge >= 0.3 is 5.97 Å². The average molecular weight is 802 g/mol. The Morgan fingerprint density at radius 3 is 2.04 bits per heavy atom. The molecule has 0 spiro atoms. The van der Waals surface area contributed by atoms with E-state index in [0.29, 0.717) is 21.4 Å². The lowest BCUT2D eigenvalue weighted by Crippen LogP contribution is -2.43. The van der Waals surface area contributed by atoms with Crippen molar-refractivity contribution in [3.05, 3.63) is 117 Å². The number of hydrogen-bond acceptors (Lipinski definition) is 7. The summed E-state index contributed by atoms with van der Waals surface area (Å²) in [6, 6.07) is 11.6. The molecule has 0 aliphatic heterocycles. The standard InChI is InChI=1S/C41H44F5N3O6S/c1-23-13-14-47-19-28(23)21-48(56(52,53)38-36(45)34(43)33(42)35(44)37(38)46)22-32(50)49(20-24-15-27(25-9-10-25)17-29(16-24)40(2,3)4)30-12-11-26(18-31(30)54-8)39(51)55-41(5,6)7/h11-19,25H,9-10,20-22H2,1-8H3. The summed E-state index contributed by atoms with van der Waals surface area (Å²) in [6.45, 7) is 10.7. The van der Waals surface area contributed by atoms with E-state index in [1.54, 1.807) is 27.7 Å². The fourth-order valence-corrected chi connectivity index (χ4v) is 7.48. The highest BCUT2D eigenvalue weighted by atomic mass is 32.2. The van der Waals surface area contributed by atoms with Gasteiger partial charge in [-0.2, -0.15) is 4.31 Å². The highest BCUT2D eigenvalue weighted by molar-refractivity contribution is 7.89. The lowest BCUT2D eigenvalue weighted by Gasteiger charge is -2.30.